The lowest BCUT2D eigenvalue weighted by molar-refractivity contribution is 0.354. The number of guanidine groups is 1. The number of ether oxygens (including phenoxy) is 2. The van der Waals surface area contributed by atoms with E-state index in [-0.39, 0.29) is 0 Å². The molecule has 1 aromatic heterocycles. The largest absolute Gasteiger partial charge is 0.493 e. The van der Waals surface area contributed by atoms with Crippen LogP contribution in [0.1, 0.15) is 24.6 Å². The second-order valence-electron chi connectivity index (χ2n) is 5.74. The van der Waals surface area contributed by atoms with Crippen molar-refractivity contribution in [3.63, 3.8) is 0 Å². The molecule has 0 saturated heterocycles. The highest BCUT2D eigenvalue weighted by Gasteiger charge is 2.04. The first-order valence-electron chi connectivity index (χ1n) is 8.89. The Hall–Kier alpha value is -2.76. The van der Waals surface area contributed by atoms with Gasteiger partial charge in [0.15, 0.2) is 17.5 Å². The van der Waals surface area contributed by atoms with E-state index < -0.39 is 0 Å². The van der Waals surface area contributed by atoms with E-state index in [4.69, 9.17) is 9.47 Å². The number of benzene rings is 1. The SMILES string of the molecule is CCNC(=NCc1ccccn1)NCCCc1ccc(OC)c(OC)c1. The molecule has 6 nitrogen and oxygen atoms in total. The van der Waals surface area contributed by atoms with Crippen LogP contribution >= 0.6 is 0 Å². The molecule has 1 aromatic carbocycles. The van der Waals surface area contributed by atoms with Crippen LogP contribution in [-0.4, -0.2) is 38.3 Å². The molecule has 0 unspecified atom stereocenters. The quantitative estimate of drug-likeness (QED) is 0.411. The third-order valence-corrected chi connectivity index (χ3v) is 3.85. The summed E-state index contributed by atoms with van der Waals surface area (Å²) in [5, 5.41) is 6.63. The zero-order valence-electron chi connectivity index (χ0n) is 15.8. The molecule has 2 N–H and O–H groups in total. The van der Waals surface area contributed by atoms with E-state index in [1.165, 1.54) is 5.56 Å². The summed E-state index contributed by atoms with van der Waals surface area (Å²) in [4.78, 5) is 8.87. The number of hydrogen-bond donors (Lipinski definition) is 2. The molecule has 0 spiro atoms. The predicted octanol–water partition coefficient (Wildman–Crippen LogP) is 2.79. The molecular weight excluding hydrogens is 328 g/mol. The average molecular weight is 356 g/mol. The van der Waals surface area contributed by atoms with Crippen molar-refractivity contribution in [2.45, 2.75) is 26.3 Å². The third kappa shape index (κ3) is 6.27. The van der Waals surface area contributed by atoms with Crippen molar-refractivity contribution in [3.05, 3.63) is 53.9 Å². The van der Waals surface area contributed by atoms with Crippen LogP contribution in [0.2, 0.25) is 0 Å². The zero-order valence-corrected chi connectivity index (χ0v) is 15.8. The first-order chi connectivity index (χ1) is 12.8. The summed E-state index contributed by atoms with van der Waals surface area (Å²) in [5.74, 6) is 2.33. The van der Waals surface area contributed by atoms with E-state index in [1.807, 2.05) is 30.3 Å². The van der Waals surface area contributed by atoms with Gasteiger partial charge in [0.25, 0.3) is 0 Å². The monoisotopic (exact) mass is 356 g/mol. The second-order valence-corrected chi connectivity index (χ2v) is 5.74. The standard InChI is InChI=1S/C20H28N4O2/c1-4-21-20(24-15-17-9-5-6-12-22-17)23-13-7-8-16-10-11-18(25-2)19(14-16)26-3/h5-6,9-12,14H,4,7-8,13,15H2,1-3H3,(H2,21,23,24). The average Bonchev–Trinajstić information content (AvgIpc) is 2.69. The number of pyridine rings is 1. The fraction of sp³-hybridized carbons (Fsp3) is 0.400. The van der Waals surface area contributed by atoms with E-state index in [1.54, 1.807) is 20.4 Å². The van der Waals surface area contributed by atoms with Gasteiger partial charge in [-0.2, -0.15) is 0 Å². The van der Waals surface area contributed by atoms with Gasteiger partial charge >= 0.3 is 0 Å². The first kappa shape index (κ1) is 19.6. The Kier molecular flexibility index (Phi) is 8.26. The molecule has 26 heavy (non-hydrogen) atoms. The molecule has 0 aliphatic rings. The van der Waals surface area contributed by atoms with Gasteiger partial charge in [0.05, 0.1) is 26.5 Å². The Bertz CT molecular complexity index is 689. The Morgan fingerprint density at radius 2 is 1.92 bits per heavy atom. The topological polar surface area (TPSA) is 67.8 Å². The number of aryl methyl sites for hydroxylation is 1. The highest BCUT2D eigenvalue weighted by molar-refractivity contribution is 5.79. The van der Waals surface area contributed by atoms with Crippen molar-refractivity contribution in [1.82, 2.24) is 15.6 Å². The van der Waals surface area contributed by atoms with Crippen molar-refractivity contribution in [2.24, 2.45) is 4.99 Å². The molecule has 2 rings (SSSR count). The third-order valence-electron chi connectivity index (χ3n) is 3.85. The molecule has 0 radical (unpaired) electrons. The molecule has 0 atom stereocenters. The minimum atomic E-state index is 0.561. The molecule has 0 aliphatic carbocycles. The highest BCUT2D eigenvalue weighted by Crippen LogP contribution is 2.27. The van der Waals surface area contributed by atoms with Gasteiger partial charge in [0, 0.05) is 19.3 Å². The minimum absolute atomic E-state index is 0.561. The maximum absolute atomic E-state index is 5.35. The Morgan fingerprint density at radius 3 is 2.62 bits per heavy atom. The number of nitrogens with zero attached hydrogens (tertiary/aromatic N) is 2. The lowest BCUT2D eigenvalue weighted by atomic mass is 10.1. The molecule has 0 bridgehead atoms. The molecule has 0 amide bonds. The molecular formula is C20H28N4O2. The van der Waals surface area contributed by atoms with E-state index in [0.29, 0.717) is 6.54 Å². The van der Waals surface area contributed by atoms with Crippen LogP contribution in [0.3, 0.4) is 0 Å². The highest BCUT2D eigenvalue weighted by atomic mass is 16.5. The molecule has 6 heteroatoms. The van der Waals surface area contributed by atoms with Crippen molar-refractivity contribution in [2.75, 3.05) is 27.3 Å². The number of nitrogens with one attached hydrogen (secondary N) is 2. The van der Waals surface area contributed by atoms with Crippen LogP contribution in [0.15, 0.2) is 47.6 Å². The summed E-state index contributed by atoms with van der Waals surface area (Å²) in [6.07, 6.45) is 3.73. The minimum Gasteiger partial charge on any atom is -0.493 e. The number of methoxy groups -OCH3 is 2. The second kappa shape index (κ2) is 11.0. The van der Waals surface area contributed by atoms with Crippen LogP contribution in [0.25, 0.3) is 0 Å². The smallest absolute Gasteiger partial charge is 0.191 e. The van der Waals surface area contributed by atoms with Crippen LogP contribution in [-0.2, 0) is 13.0 Å². The van der Waals surface area contributed by atoms with Crippen molar-refractivity contribution >= 4 is 5.96 Å². The molecule has 0 fully saturated rings. The van der Waals surface area contributed by atoms with Crippen molar-refractivity contribution in [1.29, 1.82) is 0 Å². The van der Waals surface area contributed by atoms with Gasteiger partial charge in [-0.1, -0.05) is 12.1 Å². The van der Waals surface area contributed by atoms with Gasteiger partial charge in [-0.15, -0.1) is 0 Å². The Labute approximate surface area is 155 Å². The van der Waals surface area contributed by atoms with Crippen LogP contribution in [0.5, 0.6) is 11.5 Å². The Balaban J connectivity index is 1.82. The summed E-state index contributed by atoms with van der Waals surface area (Å²) in [7, 11) is 3.30. The van der Waals surface area contributed by atoms with Gasteiger partial charge in [-0.25, -0.2) is 4.99 Å². The fourth-order valence-corrected chi connectivity index (χ4v) is 2.53. The van der Waals surface area contributed by atoms with E-state index in [9.17, 15) is 0 Å². The zero-order chi connectivity index (χ0) is 18.6. The van der Waals surface area contributed by atoms with E-state index in [2.05, 4.69) is 33.6 Å². The van der Waals surface area contributed by atoms with Gasteiger partial charge in [0.2, 0.25) is 0 Å². The van der Waals surface area contributed by atoms with Crippen molar-refractivity contribution in [3.8, 4) is 11.5 Å². The van der Waals surface area contributed by atoms with Crippen molar-refractivity contribution < 1.29 is 9.47 Å². The molecule has 1 heterocycles. The molecule has 140 valence electrons. The number of hydrogen-bond acceptors (Lipinski definition) is 4. The number of rotatable bonds is 9. The predicted molar refractivity (Wildman–Crippen MR) is 105 cm³/mol. The lowest BCUT2D eigenvalue weighted by Gasteiger charge is -2.12. The summed E-state index contributed by atoms with van der Waals surface area (Å²) in [6.45, 7) is 4.28. The Morgan fingerprint density at radius 1 is 1.08 bits per heavy atom. The van der Waals surface area contributed by atoms with Gasteiger partial charge in [-0.05, 0) is 49.6 Å². The number of aliphatic imine (C=N–C) groups is 1. The van der Waals surface area contributed by atoms with Crippen LogP contribution < -0.4 is 20.1 Å². The maximum Gasteiger partial charge on any atom is 0.191 e. The van der Waals surface area contributed by atoms with Gasteiger partial charge in [0.1, 0.15) is 0 Å². The van der Waals surface area contributed by atoms with Gasteiger partial charge in [-0.3, -0.25) is 4.98 Å². The lowest BCUT2D eigenvalue weighted by Crippen LogP contribution is -2.37. The fourth-order valence-electron chi connectivity index (χ4n) is 2.53. The van der Waals surface area contributed by atoms with Crippen LogP contribution in [0.4, 0.5) is 0 Å². The normalized spacial score (nSPS) is 11.1. The molecule has 0 saturated carbocycles. The summed E-state index contributed by atoms with van der Waals surface area (Å²) in [5.41, 5.74) is 2.18. The number of aromatic nitrogens is 1. The van der Waals surface area contributed by atoms with E-state index >= 15 is 0 Å². The summed E-state index contributed by atoms with van der Waals surface area (Å²) < 4.78 is 10.6. The first-order valence-corrected chi connectivity index (χ1v) is 8.89. The molecule has 0 aliphatic heterocycles. The van der Waals surface area contributed by atoms with E-state index in [0.717, 1.165) is 49.1 Å². The summed E-state index contributed by atoms with van der Waals surface area (Å²) in [6, 6.07) is 11.9. The molecule has 2 aromatic rings. The van der Waals surface area contributed by atoms with Crippen LogP contribution in [0, 0.1) is 0 Å². The van der Waals surface area contributed by atoms with Gasteiger partial charge < -0.3 is 20.1 Å². The maximum atomic E-state index is 5.35. The summed E-state index contributed by atoms with van der Waals surface area (Å²) >= 11 is 0.